The first-order chi connectivity index (χ1) is 15.8. The van der Waals surface area contributed by atoms with Gasteiger partial charge in [-0.3, -0.25) is 9.36 Å². The summed E-state index contributed by atoms with van der Waals surface area (Å²) in [5.41, 5.74) is 1.12. The first-order valence-electron chi connectivity index (χ1n) is 10.8. The van der Waals surface area contributed by atoms with E-state index in [-0.39, 0.29) is 35.7 Å². The smallest absolute Gasteiger partial charge is 0.326 e. The fourth-order valence-electron chi connectivity index (χ4n) is 4.28. The van der Waals surface area contributed by atoms with Crippen LogP contribution in [0.4, 0.5) is 14.5 Å². The minimum absolute atomic E-state index is 0.0132. The van der Waals surface area contributed by atoms with Crippen molar-refractivity contribution >= 4 is 22.6 Å². The topological polar surface area (TPSA) is 99.6 Å². The zero-order valence-electron chi connectivity index (χ0n) is 18.2. The molecule has 1 fully saturated rings. The summed E-state index contributed by atoms with van der Waals surface area (Å²) in [5.74, 6) is -0.978. The molecule has 1 atom stereocenters. The summed E-state index contributed by atoms with van der Waals surface area (Å²) in [4.78, 5) is 28.5. The number of aliphatic hydroxyl groups is 1. The molecule has 33 heavy (non-hydrogen) atoms. The Labute approximate surface area is 188 Å². The Morgan fingerprint density at radius 2 is 1.91 bits per heavy atom. The highest BCUT2D eigenvalue weighted by atomic mass is 19.1. The largest absolute Gasteiger partial charge is 0.489 e. The van der Waals surface area contributed by atoms with Gasteiger partial charge in [-0.25, -0.2) is 13.6 Å². The Morgan fingerprint density at radius 1 is 1.21 bits per heavy atom. The second-order valence-electron chi connectivity index (χ2n) is 8.28. The Bertz CT molecular complexity index is 1200. The van der Waals surface area contributed by atoms with Gasteiger partial charge >= 0.3 is 5.69 Å². The maximum atomic E-state index is 13.5. The number of amides is 1. The van der Waals surface area contributed by atoms with E-state index in [1.165, 1.54) is 31.2 Å². The highest BCUT2D eigenvalue weighted by molar-refractivity contribution is 5.90. The zero-order valence-corrected chi connectivity index (χ0v) is 18.2. The number of nitrogens with one attached hydrogen (secondary N) is 2. The van der Waals surface area contributed by atoms with Gasteiger partial charge in [0.2, 0.25) is 5.91 Å². The number of piperidine rings is 1. The number of benzene rings is 2. The minimum atomic E-state index is -0.796. The number of H-pyrrole nitrogens is 1. The van der Waals surface area contributed by atoms with Crippen molar-refractivity contribution in [3.63, 3.8) is 0 Å². The molecule has 0 spiro atoms. The van der Waals surface area contributed by atoms with Gasteiger partial charge in [0.15, 0.2) is 0 Å². The summed E-state index contributed by atoms with van der Waals surface area (Å²) >= 11 is 0. The first-order valence-corrected chi connectivity index (χ1v) is 10.8. The predicted octanol–water partition coefficient (Wildman–Crippen LogP) is 2.64. The lowest BCUT2D eigenvalue weighted by Gasteiger charge is -2.33. The second-order valence-corrected chi connectivity index (χ2v) is 8.28. The summed E-state index contributed by atoms with van der Waals surface area (Å²) in [6, 6.07) is 8.05. The van der Waals surface area contributed by atoms with E-state index in [1.54, 1.807) is 10.6 Å². The molecule has 3 N–H and O–H groups in total. The van der Waals surface area contributed by atoms with Crippen molar-refractivity contribution in [3.05, 3.63) is 58.5 Å². The zero-order chi connectivity index (χ0) is 23.5. The van der Waals surface area contributed by atoms with E-state index >= 15 is 0 Å². The third kappa shape index (κ3) is 5.40. The number of hydrogen-bond acceptors (Lipinski definition) is 5. The normalized spacial score (nSPS) is 16.1. The first kappa shape index (κ1) is 22.9. The molecular weight excluding hydrogens is 434 g/mol. The molecule has 4 rings (SSSR count). The van der Waals surface area contributed by atoms with Crippen LogP contribution in [0, 0.1) is 11.6 Å². The lowest BCUT2D eigenvalue weighted by atomic mass is 10.0. The van der Waals surface area contributed by atoms with Gasteiger partial charge in [-0.1, -0.05) is 0 Å². The fourth-order valence-corrected chi connectivity index (χ4v) is 4.28. The van der Waals surface area contributed by atoms with Crippen LogP contribution < -0.4 is 15.7 Å². The molecule has 176 valence electrons. The summed E-state index contributed by atoms with van der Waals surface area (Å²) in [7, 11) is 0. The van der Waals surface area contributed by atoms with Crippen molar-refractivity contribution in [2.24, 2.45) is 0 Å². The SMILES string of the molecule is CC(=O)Nc1cc(F)ccc1OC[C@H](O)CN1CCC(n2c(=O)[nH]c3cc(F)ccc32)CC1. The third-order valence-electron chi connectivity index (χ3n) is 5.75. The maximum Gasteiger partial charge on any atom is 0.326 e. The molecule has 1 aliphatic rings. The number of aromatic nitrogens is 2. The van der Waals surface area contributed by atoms with Crippen LogP contribution in [0.1, 0.15) is 25.8 Å². The number of ether oxygens (including phenoxy) is 1. The number of anilines is 1. The van der Waals surface area contributed by atoms with Gasteiger partial charge in [0, 0.05) is 38.7 Å². The molecule has 0 radical (unpaired) electrons. The number of rotatable bonds is 7. The molecule has 1 amide bonds. The van der Waals surface area contributed by atoms with Gasteiger partial charge in [0.05, 0.1) is 16.7 Å². The molecule has 0 aliphatic carbocycles. The summed E-state index contributed by atoms with van der Waals surface area (Å²) in [6.45, 7) is 3.02. The summed E-state index contributed by atoms with van der Waals surface area (Å²) in [5, 5.41) is 12.9. The number of aromatic amines is 1. The molecule has 8 nitrogen and oxygen atoms in total. The molecule has 0 bridgehead atoms. The van der Waals surface area contributed by atoms with Crippen LogP contribution >= 0.6 is 0 Å². The van der Waals surface area contributed by atoms with Crippen LogP contribution in [0.5, 0.6) is 5.75 Å². The fraction of sp³-hybridized carbons (Fsp3) is 0.391. The summed E-state index contributed by atoms with van der Waals surface area (Å²) in [6.07, 6.45) is 0.626. The number of hydrogen-bond donors (Lipinski definition) is 3. The van der Waals surface area contributed by atoms with Crippen molar-refractivity contribution in [2.45, 2.75) is 31.9 Å². The van der Waals surface area contributed by atoms with Crippen molar-refractivity contribution < 1.29 is 23.4 Å². The summed E-state index contributed by atoms with van der Waals surface area (Å²) < 4.78 is 34.2. The van der Waals surface area contributed by atoms with E-state index in [0.29, 0.717) is 43.5 Å². The monoisotopic (exact) mass is 460 g/mol. The number of likely N-dealkylation sites (tertiary alicyclic amines) is 1. The molecule has 1 aliphatic heterocycles. The molecule has 3 aromatic rings. The molecule has 10 heteroatoms. The van der Waals surface area contributed by atoms with E-state index < -0.39 is 17.7 Å². The molecule has 1 aromatic heterocycles. The minimum Gasteiger partial charge on any atom is -0.489 e. The molecule has 2 heterocycles. The van der Waals surface area contributed by atoms with Crippen LogP contribution in [0.3, 0.4) is 0 Å². The lowest BCUT2D eigenvalue weighted by Crippen LogP contribution is -2.42. The third-order valence-corrected chi connectivity index (χ3v) is 5.75. The van der Waals surface area contributed by atoms with Crippen LogP contribution in [0.15, 0.2) is 41.2 Å². The van der Waals surface area contributed by atoms with Crippen LogP contribution in [0.25, 0.3) is 11.0 Å². The Kier molecular flexibility index (Phi) is 6.75. The quantitative estimate of drug-likeness (QED) is 0.504. The molecule has 1 saturated heterocycles. The average molecular weight is 460 g/mol. The van der Waals surface area contributed by atoms with Crippen LogP contribution in [-0.4, -0.2) is 57.8 Å². The number of imidazole rings is 1. The maximum absolute atomic E-state index is 13.5. The standard InChI is InChI=1S/C23H26F2N4O4/c1-14(30)26-20-11-16(25)3-5-22(20)33-13-18(31)12-28-8-6-17(7-9-28)29-21-4-2-15(24)10-19(21)27-23(29)32/h2-5,10-11,17-18,31H,6-9,12-13H2,1H3,(H,26,30)(H,27,32)/t18-/m1/s1. The van der Waals surface area contributed by atoms with Crippen molar-refractivity contribution in [2.75, 3.05) is 31.6 Å². The number of fused-ring (bicyclic) bond motifs is 1. The van der Waals surface area contributed by atoms with Gasteiger partial charge in [0.25, 0.3) is 0 Å². The van der Waals surface area contributed by atoms with Crippen molar-refractivity contribution in [3.8, 4) is 5.75 Å². The van der Waals surface area contributed by atoms with E-state index in [2.05, 4.69) is 15.2 Å². The predicted molar refractivity (Wildman–Crippen MR) is 119 cm³/mol. The van der Waals surface area contributed by atoms with Crippen LogP contribution in [-0.2, 0) is 4.79 Å². The molecular formula is C23H26F2N4O4. The highest BCUT2D eigenvalue weighted by Gasteiger charge is 2.25. The van der Waals surface area contributed by atoms with E-state index in [1.807, 2.05) is 0 Å². The number of aliphatic hydroxyl groups excluding tert-OH is 1. The van der Waals surface area contributed by atoms with Crippen LogP contribution in [0.2, 0.25) is 0 Å². The van der Waals surface area contributed by atoms with E-state index in [9.17, 15) is 23.5 Å². The number of carbonyl (C=O) groups excluding carboxylic acids is 1. The average Bonchev–Trinajstić information content (AvgIpc) is 3.08. The lowest BCUT2D eigenvalue weighted by molar-refractivity contribution is -0.114. The van der Waals surface area contributed by atoms with Gasteiger partial charge < -0.3 is 25.0 Å². The molecule has 0 unspecified atom stereocenters. The van der Waals surface area contributed by atoms with Gasteiger partial charge in [-0.05, 0) is 43.2 Å². The molecule has 0 saturated carbocycles. The van der Waals surface area contributed by atoms with E-state index in [0.717, 1.165) is 6.07 Å². The van der Waals surface area contributed by atoms with E-state index in [4.69, 9.17) is 4.74 Å². The van der Waals surface area contributed by atoms with Crippen molar-refractivity contribution in [1.29, 1.82) is 0 Å². The number of carbonyl (C=O) groups is 1. The number of β-amino-alcohol motifs (C(OH)–C–C–N with tert-alkyl or cyclic N) is 1. The molecule has 2 aromatic carbocycles. The number of nitrogens with zero attached hydrogens (tertiary/aromatic N) is 2. The van der Waals surface area contributed by atoms with Gasteiger partial charge in [-0.15, -0.1) is 0 Å². The Morgan fingerprint density at radius 3 is 2.64 bits per heavy atom. The Balaban J connectivity index is 1.31. The number of halogens is 2. The second kappa shape index (κ2) is 9.72. The Hall–Kier alpha value is -3.24. The van der Waals surface area contributed by atoms with Crippen molar-refractivity contribution in [1.82, 2.24) is 14.5 Å². The van der Waals surface area contributed by atoms with Gasteiger partial charge in [0.1, 0.15) is 30.1 Å². The van der Waals surface area contributed by atoms with Gasteiger partial charge in [-0.2, -0.15) is 0 Å². The highest BCUT2D eigenvalue weighted by Crippen LogP contribution is 2.27.